The average Bonchev–Trinajstić information content (AvgIpc) is 2.94. The summed E-state index contributed by atoms with van der Waals surface area (Å²) in [7, 11) is 0. The topological polar surface area (TPSA) is 51.8 Å². The minimum absolute atomic E-state index is 0.582. The molecule has 0 radical (unpaired) electrons. The van der Waals surface area contributed by atoms with Crippen molar-refractivity contribution in [2.75, 3.05) is 5.73 Å². The van der Waals surface area contributed by atoms with Crippen LogP contribution in [0.2, 0.25) is 0 Å². The summed E-state index contributed by atoms with van der Waals surface area (Å²) >= 11 is 0. The van der Waals surface area contributed by atoms with Gasteiger partial charge in [0.25, 0.3) is 0 Å². The summed E-state index contributed by atoms with van der Waals surface area (Å²) in [5.74, 6) is 2.83. The summed E-state index contributed by atoms with van der Waals surface area (Å²) in [6.45, 7) is 6.42. The SMILES string of the molecule is Cc1c(N)nc(C2CC2)nc1CC(C)C. The lowest BCUT2D eigenvalue weighted by atomic mass is 10.0. The summed E-state index contributed by atoms with van der Waals surface area (Å²) in [5, 5.41) is 0. The zero-order valence-electron chi connectivity index (χ0n) is 9.75. The maximum Gasteiger partial charge on any atom is 0.134 e. The second-order valence-corrected chi connectivity index (χ2v) is 4.91. The van der Waals surface area contributed by atoms with Crippen molar-refractivity contribution in [2.45, 2.75) is 46.0 Å². The van der Waals surface area contributed by atoms with Crippen molar-refractivity contribution >= 4 is 5.82 Å². The van der Waals surface area contributed by atoms with E-state index < -0.39 is 0 Å². The van der Waals surface area contributed by atoms with Gasteiger partial charge in [0.2, 0.25) is 0 Å². The minimum atomic E-state index is 0.582. The predicted octanol–water partition coefficient (Wildman–Crippen LogP) is 2.44. The molecule has 1 heterocycles. The maximum atomic E-state index is 5.91. The molecule has 1 fully saturated rings. The Labute approximate surface area is 91.1 Å². The molecule has 1 aliphatic carbocycles. The molecule has 0 aromatic carbocycles. The third-order valence-corrected chi connectivity index (χ3v) is 2.85. The van der Waals surface area contributed by atoms with Gasteiger partial charge < -0.3 is 5.73 Å². The van der Waals surface area contributed by atoms with Gasteiger partial charge in [0.1, 0.15) is 11.6 Å². The Morgan fingerprint density at radius 3 is 2.53 bits per heavy atom. The molecule has 0 atom stereocenters. The lowest BCUT2D eigenvalue weighted by Crippen LogP contribution is -2.08. The second-order valence-electron chi connectivity index (χ2n) is 4.91. The highest BCUT2D eigenvalue weighted by atomic mass is 15.0. The van der Waals surface area contributed by atoms with Gasteiger partial charge in [0.15, 0.2) is 0 Å². The first-order chi connectivity index (χ1) is 7.08. The van der Waals surface area contributed by atoms with Crippen molar-refractivity contribution in [1.82, 2.24) is 9.97 Å². The van der Waals surface area contributed by atoms with E-state index in [2.05, 4.69) is 23.8 Å². The second kappa shape index (κ2) is 3.80. The van der Waals surface area contributed by atoms with Crippen molar-refractivity contribution in [2.24, 2.45) is 5.92 Å². The van der Waals surface area contributed by atoms with E-state index >= 15 is 0 Å². The summed E-state index contributed by atoms with van der Waals surface area (Å²) < 4.78 is 0. The summed E-state index contributed by atoms with van der Waals surface area (Å²) in [6.07, 6.45) is 3.45. The minimum Gasteiger partial charge on any atom is -0.383 e. The van der Waals surface area contributed by atoms with Gasteiger partial charge >= 0.3 is 0 Å². The lowest BCUT2D eigenvalue weighted by Gasteiger charge is -2.11. The van der Waals surface area contributed by atoms with E-state index in [9.17, 15) is 0 Å². The largest absolute Gasteiger partial charge is 0.383 e. The molecular formula is C12H19N3. The molecule has 0 bridgehead atoms. The van der Waals surface area contributed by atoms with E-state index in [1.807, 2.05) is 6.92 Å². The van der Waals surface area contributed by atoms with Crippen LogP contribution in [-0.4, -0.2) is 9.97 Å². The van der Waals surface area contributed by atoms with Crippen molar-refractivity contribution in [3.05, 3.63) is 17.1 Å². The summed E-state index contributed by atoms with van der Waals surface area (Å²) in [4.78, 5) is 9.01. The fourth-order valence-corrected chi connectivity index (χ4v) is 1.71. The molecule has 0 amide bonds. The summed E-state index contributed by atoms with van der Waals surface area (Å²) in [5.41, 5.74) is 8.11. The number of nitrogen functional groups attached to an aromatic ring is 1. The number of nitrogens with zero attached hydrogens (tertiary/aromatic N) is 2. The average molecular weight is 205 g/mol. The first-order valence-corrected chi connectivity index (χ1v) is 5.70. The molecule has 3 nitrogen and oxygen atoms in total. The van der Waals surface area contributed by atoms with Crippen LogP contribution in [0.3, 0.4) is 0 Å². The van der Waals surface area contributed by atoms with E-state index in [4.69, 9.17) is 5.73 Å². The Morgan fingerprint density at radius 2 is 2.00 bits per heavy atom. The normalized spacial score (nSPS) is 16.0. The number of anilines is 1. The molecule has 0 saturated heterocycles. The zero-order chi connectivity index (χ0) is 11.0. The number of nitrogens with two attached hydrogens (primary N) is 1. The smallest absolute Gasteiger partial charge is 0.134 e. The number of aromatic nitrogens is 2. The zero-order valence-corrected chi connectivity index (χ0v) is 9.75. The third-order valence-electron chi connectivity index (χ3n) is 2.85. The maximum absolute atomic E-state index is 5.91. The third kappa shape index (κ3) is 2.28. The number of hydrogen-bond acceptors (Lipinski definition) is 3. The molecule has 0 spiro atoms. The number of rotatable bonds is 3. The van der Waals surface area contributed by atoms with Crippen LogP contribution in [0.4, 0.5) is 5.82 Å². The van der Waals surface area contributed by atoms with Gasteiger partial charge in [-0.05, 0) is 32.1 Å². The monoisotopic (exact) mass is 205 g/mol. The van der Waals surface area contributed by atoms with Gasteiger partial charge in [-0.15, -0.1) is 0 Å². The Bertz CT molecular complexity index is 367. The predicted molar refractivity (Wildman–Crippen MR) is 61.7 cm³/mol. The van der Waals surface area contributed by atoms with E-state index in [1.54, 1.807) is 0 Å². The van der Waals surface area contributed by atoms with Crippen LogP contribution in [-0.2, 0) is 6.42 Å². The van der Waals surface area contributed by atoms with Crippen molar-refractivity contribution in [3.8, 4) is 0 Å². The van der Waals surface area contributed by atoms with Crippen LogP contribution in [0.5, 0.6) is 0 Å². The fraction of sp³-hybridized carbons (Fsp3) is 0.667. The Kier molecular flexibility index (Phi) is 2.63. The van der Waals surface area contributed by atoms with Gasteiger partial charge in [0, 0.05) is 17.2 Å². The van der Waals surface area contributed by atoms with Crippen LogP contribution in [0.25, 0.3) is 0 Å². The molecule has 1 aromatic heterocycles. The molecule has 3 heteroatoms. The standard InChI is InChI=1S/C12H19N3/c1-7(2)6-10-8(3)11(13)15-12(14-10)9-4-5-9/h7,9H,4-6H2,1-3H3,(H2,13,14,15). The van der Waals surface area contributed by atoms with Crippen molar-refractivity contribution < 1.29 is 0 Å². The van der Waals surface area contributed by atoms with Crippen molar-refractivity contribution in [3.63, 3.8) is 0 Å². The van der Waals surface area contributed by atoms with Gasteiger partial charge in [-0.3, -0.25) is 0 Å². The van der Waals surface area contributed by atoms with Crippen LogP contribution in [0.1, 0.15) is 49.7 Å². The molecule has 82 valence electrons. The molecule has 2 N–H and O–H groups in total. The van der Waals surface area contributed by atoms with E-state index in [-0.39, 0.29) is 0 Å². The number of hydrogen-bond donors (Lipinski definition) is 1. The molecule has 0 aliphatic heterocycles. The van der Waals surface area contributed by atoms with E-state index in [1.165, 1.54) is 12.8 Å². The van der Waals surface area contributed by atoms with Gasteiger partial charge in [-0.25, -0.2) is 9.97 Å². The molecule has 15 heavy (non-hydrogen) atoms. The molecular weight excluding hydrogens is 186 g/mol. The Balaban J connectivity index is 2.33. The Morgan fingerprint density at radius 1 is 1.33 bits per heavy atom. The Hall–Kier alpha value is -1.12. The first-order valence-electron chi connectivity index (χ1n) is 5.70. The summed E-state index contributed by atoms with van der Waals surface area (Å²) in [6, 6.07) is 0. The highest BCUT2D eigenvalue weighted by Gasteiger charge is 2.27. The highest BCUT2D eigenvalue weighted by Crippen LogP contribution is 2.38. The van der Waals surface area contributed by atoms with E-state index in [0.29, 0.717) is 17.7 Å². The highest BCUT2D eigenvalue weighted by molar-refractivity contribution is 5.42. The van der Waals surface area contributed by atoms with Crippen LogP contribution < -0.4 is 5.73 Å². The fourth-order valence-electron chi connectivity index (χ4n) is 1.71. The van der Waals surface area contributed by atoms with Crippen LogP contribution in [0, 0.1) is 12.8 Å². The van der Waals surface area contributed by atoms with Gasteiger partial charge in [-0.1, -0.05) is 13.8 Å². The molecule has 2 rings (SSSR count). The quantitative estimate of drug-likeness (QED) is 0.824. The van der Waals surface area contributed by atoms with Crippen molar-refractivity contribution in [1.29, 1.82) is 0 Å². The molecule has 0 unspecified atom stereocenters. The molecule has 1 aliphatic rings. The first kappa shape index (κ1) is 10.4. The van der Waals surface area contributed by atoms with Gasteiger partial charge in [-0.2, -0.15) is 0 Å². The van der Waals surface area contributed by atoms with E-state index in [0.717, 1.165) is 23.5 Å². The lowest BCUT2D eigenvalue weighted by molar-refractivity contribution is 0.627. The molecule has 1 saturated carbocycles. The van der Waals surface area contributed by atoms with Crippen LogP contribution >= 0.6 is 0 Å². The molecule has 1 aromatic rings. The van der Waals surface area contributed by atoms with Gasteiger partial charge in [0.05, 0.1) is 0 Å². The van der Waals surface area contributed by atoms with Crippen LogP contribution in [0.15, 0.2) is 0 Å².